The summed E-state index contributed by atoms with van der Waals surface area (Å²) in [6.45, 7) is 0.594. The number of carbonyl (C=O) groups is 1. The molecular weight excluding hydrogens is 394 g/mol. The number of hydrogen-bond donors (Lipinski definition) is 1. The van der Waals surface area contributed by atoms with Crippen LogP contribution in [-0.4, -0.2) is 27.1 Å². The van der Waals surface area contributed by atoms with Gasteiger partial charge in [0.1, 0.15) is 0 Å². The minimum atomic E-state index is -3.27. The molecule has 3 aromatic carbocycles. The summed E-state index contributed by atoms with van der Waals surface area (Å²) in [6.07, 6.45) is 2.18. The molecule has 3 aromatic rings. The molecule has 0 aliphatic heterocycles. The quantitative estimate of drug-likeness (QED) is 0.695. The van der Waals surface area contributed by atoms with Crippen molar-refractivity contribution in [1.29, 1.82) is 0 Å². The van der Waals surface area contributed by atoms with Gasteiger partial charge in [-0.25, -0.2) is 8.42 Å². The second-order valence-electron chi connectivity index (χ2n) is 8.29. The van der Waals surface area contributed by atoms with Gasteiger partial charge < -0.3 is 5.32 Å². The molecular formula is C25H23NO3S. The van der Waals surface area contributed by atoms with Crippen LogP contribution in [0.2, 0.25) is 0 Å². The van der Waals surface area contributed by atoms with Crippen molar-refractivity contribution in [1.82, 2.24) is 5.32 Å². The summed E-state index contributed by atoms with van der Waals surface area (Å²) in [5.41, 5.74) is 6.07. The van der Waals surface area contributed by atoms with Crippen molar-refractivity contribution in [2.24, 2.45) is 5.92 Å². The van der Waals surface area contributed by atoms with Crippen LogP contribution in [0.25, 0.3) is 0 Å². The first-order chi connectivity index (χ1) is 14.4. The molecule has 3 aliphatic carbocycles. The van der Waals surface area contributed by atoms with Crippen molar-refractivity contribution in [2.75, 3.05) is 12.8 Å². The molecule has 1 N–H and O–H groups in total. The van der Waals surface area contributed by atoms with Crippen molar-refractivity contribution >= 4 is 15.7 Å². The Balaban J connectivity index is 1.37. The van der Waals surface area contributed by atoms with E-state index < -0.39 is 9.84 Å². The van der Waals surface area contributed by atoms with Crippen molar-refractivity contribution in [3.05, 3.63) is 101 Å². The molecule has 0 spiro atoms. The topological polar surface area (TPSA) is 63.2 Å². The molecule has 1 amide bonds. The first-order valence-corrected chi connectivity index (χ1v) is 12.1. The Bertz CT molecular complexity index is 1180. The molecule has 5 heteroatoms. The average Bonchev–Trinajstić information content (AvgIpc) is 2.77. The lowest BCUT2D eigenvalue weighted by Gasteiger charge is -2.45. The fourth-order valence-electron chi connectivity index (χ4n) is 5.14. The number of carbonyl (C=O) groups excluding carboxylic acids is 1. The number of rotatable bonds is 4. The van der Waals surface area contributed by atoms with Gasteiger partial charge >= 0.3 is 0 Å². The van der Waals surface area contributed by atoms with Gasteiger partial charge in [-0.3, -0.25) is 4.79 Å². The van der Waals surface area contributed by atoms with Crippen LogP contribution in [-0.2, 0) is 9.84 Å². The lowest BCUT2D eigenvalue weighted by Crippen LogP contribution is -2.39. The van der Waals surface area contributed by atoms with Crippen LogP contribution in [0.3, 0.4) is 0 Å². The first-order valence-electron chi connectivity index (χ1n) is 10.2. The molecule has 0 unspecified atom stereocenters. The third-order valence-electron chi connectivity index (χ3n) is 6.49. The van der Waals surface area contributed by atoms with Gasteiger partial charge in [0.05, 0.1) is 4.90 Å². The van der Waals surface area contributed by atoms with Crippen LogP contribution >= 0.6 is 0 Å². The SMILES string of the molecule is CS(=O)(=O)c1ccc(C(=O)NC[C@H]2CC3c4ccccc4C2c2ccccc23)cc1. The zero-order valence-corrected chi connectivity index (χ0v) is 17.5. The predicted molar refractivity (Wildman–Crippen MR) is 117 cm³/mol. The monoisotopic (exact) mass is 417 g/mol. The summed E-state index contributed by atoms with van der Waals surface area (Å²) in [5, 5.41) is 3.08. The zero-order chi connectivity index (χ0) is 20.9. The van der Waals surface area contributed by atoms with Crippen LogP contribution in [0.1, 0.15) is 50.9 Å². The molecule has 0 heterocycles. The molecule has 0 fully saturated rings. The highest BCUT2D eigenvalue weighted by Gasteiger charge is 2.42. The molecule has 0 aromatic heterocycles. The minimum absolute atomic E-state index is 0.168. The van der Waals surface area contributed by atoms with E-state index in [0.29, 0.717) is 23.9 Å². The molecule has 4 nitrogen and oxygen atoms in total. The van der Waals surface area contributed by atoms with E-state index in [1.807, 2.05) is 0 Å². The molecule has 2 bridgehead atoms. The van der Waals surface area contributed by atoms with Crippen LogP contribution < -0.4 is 5.32 Å². The predicted octanol–water partition coefficient (Wildman–Crippen LogP) is 4.12. The van der Waals surface area contributed by atoms with Gasteiger partial charge in [-0.2, -0.15) is 0 Å². The largest absolute Gasteiger partial charge is 0.352 e. The number of nitrogens with one attached hydrogen (secondary N) is 1. The normalized spacial score (nSPS) is 21.6. The molecule has 6 rings (SSSR count). The van der Waals surface area contributed by atoms with Gasteiger partial charge in [0, 0.05) is 30.2 Å². The highest BCUT2D eigenvalue weighted by atomic mass is 32.2. The summed E-state index contributed by atoms with van der Waals surface area (Å²) < 4.78 is 23.2. The Hall–Kier alpha value is -2.92. The standard InChI is InChI=1S/C25H23NO3S/c1-30(28,29)18-12-10-16(11-13-18)25(27)26-15-17-14-23-19-6-2-4-8-21(19)24(17)22-9-5-3-7-20(22)23/h2-13,17,23-24H,14-15H2,1H3,(H,26,27)/t17-,23?,24?/m1/s1. The van der Waals surface area contributed by atoms with E-state index in [9.17, 15) is 13.2 Å². The molecule has 0 saturated heterocycles. The summed E-state index contributed by atoms with van der Waals surface area (Å²) in [6, 6.07) is 23.5. The van der Waals surface area contributed by atoms with Crippen LogP contribution in [0.15, 0.2) is 77.7 Å². The summed E-state index contributed by atoms with van der Waals surface area (Å²) in [7, 11) is -3.27. The summed E-state index contributed by atoms with van der Waals surface area (Å²) in [4.78, 5) is 12.9. The van der Waals surface area contributed by atoms with Crippen molar-refractivity contribution in [3.8, 4) is 0 Å². The number of sulfone groups is 1. The Labute approximate surface area is 176 Å². The maximum Gasteiger partial charge on any atom is 0.251 e. The fourth-order valence-corrected chi connectivity index (χ4v) is 5.77. The average molecular weight is 418 g/mol. The molecule has 152 valence electrons. The van der Waals surface area contributed by atoms with E-state index in [1.54, 1.807) is 12.1 Å². The molecule has 0 saturated carbocycles. The second kappa shape index (κ2) is 7.10. The Morgan fingerprint density at radius 1 is 0.867 bits per heavy atom. The highest BCUT2D eigenvalue weighted by molar-refractivity contribution is 7.90. The number of amides is 1. The first kappa shape index (κ1) is 19.1. The summed E-state index contributed by atoms with van der Waals surface area (Å²) in [5.74, 6) is 0.825. The van der Waals surface area contributed by atoms with Gasteiger partial charge in [0.2, 0.25) is 0 Å². The Morgan fingerprint density at radius 2 is 1.40 bits per heavy atom. The van der Waals surface area contributed by atoms with E-state index in [1.165, 1.54) is 34.4 Å². The van der Waals surface area contributed by atoms with E-state index in [0.717, 1.165) is 12.7 Å². The van der Waals surface area contributed by atoms with Crippen molar-refractivity contribution in [2.45, 2.75) is 23.2 Å². The smallest absolute Gasteiger partial charge is 0.251 e. The van der Waals surface area contributed by atoms with E-state index in [4.69, 9.17) is 0 Å². The van der Waals surface area contributed by atoms with Crippen LogP contribution in [0.5, 0.6) is 0 Å². The zero-order valence-electron chi connectivity index (χ0n) is 16.7. The van der Waals surface area contributed by atoms with Crippen LogP contribution in [0, 0.1) is 5.92 Å². The van der Waals surface area contributed by atoms with Gasteiger partial charge in [0.15, 0.2) is 9.84 Å². The lowest BCUT2D eigenvalue weighted by atomic mass is 9.59. The molecule has 0 radical (unpaired) electrons. The third-order valence-corrected chi connectivity index (χ3v) is 7.62. The van der Waals surface area contributed by atoms with Crippen molar-refractivity contribution in [3.63, 3.8) is 0 Å². The molecule has 1 atom stereocenters. The maximum atomic E-state index is 12.7. The van der Waals surface area contributed by atoms with Gasteiger partial charge in [-0.15, -0.1) is 0 Å². The minimum Gasteiger partial charge on any atom is -0.352 e. The van der Waals surface area contributed by atoms with E-state index >= 15 is 0 Å². The van der Waals surface area contributed by atoms with Gasteiger partial charge in [0.25, 0.3) is 5.91 Å². The van der Waals surface area contributed by atoms with E-state index in [-0.39, 0.29) is 16.7 Å². The molecule has 30 heavy (non-hydrogen) atoms. The Morgan fingerprint density at radius 3 is 1.93 bits per heavy atom. The van der Waals surface area contributed by atoms with E-state index in [2.05, 4.69) is 53.8 Å². The summed E-state index contributed by atoms with van der Waals surface area (Å²) >= 11 is 0. The van der Waals surface area contributed by atoms with Gasteiger partial charge in [-0.1, -0.05) is 48.5 Å². The third kappa shape index (κ3) is 3.14. The van der Waals surface area contributed by atoms with Gasteiger partial charge in [-0.05, 0) is 58.9 Å². The number of fused-ring (bicyclic) bond motifs is 1. The number of benzene rings is 3. The number of hydrogen-bond acceptors (Lipinski definition) is 3. The highest BCUT2D eigenvalue weighted by Crippen LogP contribution is 2.55. The maximum absolute atomic E-state index is 12.7. The second-order valence-corrected chi connectivity index (χ2v) is 10.3. The Kier molecular flexibility index (Phi) is 4.51. The lowest BCUT2D eigenvalue weighted by molar-refractivity contribution is 0.0943. The van der Waals surface area contributed by atoms with Crippen molar-refractivity contribution < 1.29 is 13.2 Å². The van der Waals surface area contributed by atoms with Crippen LogP contribution in [0.4, 0.5) is 0 Å². The fraction of sp³-hybridized carbons (Fsp3) is 0.240. The molecule has 3 aliphatic rings.